The highest BCUT2D eigenvalue weighted by molar-refractivity contribution is 7.86. The molecule has 0 aromatic heterocycles. The van der Waals surface area contributed by atoms with Gasteiger partial charge in [-0.15, -0.1) is 0 Å². The Morgan fingerprint density at radius 2 is 2.22 bits per heavy atom. The Morgan fingerprint density at radius 1 is 1.61 bits per heavy atom. The molecule has 0 aliphatic carbocycles. The molecule has 0 aromatic carbocycles. The predicted molar refractivity (Wildman–Crippen MR) is 77.5 cm³/mol. The highest BCUT2D eigenvalue weighted by Gasteiger charge is 2.32. The van der Waals surface area contributed by atoms with Gasteiger partial charge < -0.3 is 5.73 Å². The van der Waals surface area contributed by atoms with Crippen LogP contribution < -0.4 is 5.73 Å². The van der Waals surface area contributed by atoms with Crippen LogP contribution in [0.1, 0.15) is 33.1 Å². The molecule has 1 fully saturated rings. The Morgan fingerprint density at radius 3 is 2.72 bits per heavy atom. The summed E-state index contributed by atoms with van der Waals surface area (Å²) in [7, 11) is -1.79. The lowest BCUT2D eigenvalue weighted by molar-refractivity contribution is 0.255. The van der Waals surface area contributed by atoms with Gasteiger partial charge in [-0.2, -0.15) is 17.0 Å². The van der Waals surface area contributed by atoms with Crippen molar-refractivity contribution in [3.63, 3.8) is 0 Å². The highest BCUT2D eigenvalue weighted by Crippen LogP contribution is 2.21. The topological polar surface area (TPSA) is 66.6 Å². The van der Waals surface area contributed by atoms with Crippen LogP contribution in [0.4, 0.5) is 0 Å². The number of hydrogen-bond acceptors (Lipinski definition) is 3. The van der Waals surface area contributed by atoms with Crippen LogP contribution in [0.2, 0.25) is 0 Å². The van der Waals surface area contributed by atoms with E-state index in [1.165, 1.54) is 4.31 Å². The normalized spacial score (nSPS) is 24.1. The molecule has 1 heterocycles. The Hall–Kier alpha value is -0.240. The summed E-state index contributed by atoms with van der Waals surface area (Å²) in [5.74, 6) is 0.424. The van der Waals surface area contributed by atoms with Crippen molar-refractivity contribution >= 4 is 27.4 Å². The summed E-state index contributed by atoms with van der Waals surface area (Å²) >= 11 is 4.83. The van der Waals surface area contributed by atoms with Crippen LogP contribution in [0.25, 0.3) is 0 Å². The second kappa shape index (κ2) is 6.27. The van der Waals surface area contributed by atoms with E-state index in [2.05, 4.69) is 6.92 Å². The highest BCUT2D eigenvalue weighted by atomic mass is 32.2. The van der Waals surface area contributed by atoms with E-state index >= 15 is 0 Å². The van der Waals surface area contributed by atoms with Gasteiger partial charge in [-0.1, -0.05) is 19.1 Å². The van der Waals surface area contributed by atoms with Crippen LogP contribution >= 0.6 is 12.2 Å². The number of rotatable bonds is 5. The summed E-state index contributed by atoms with van der Waals surface area (Å²) in [6, 6.07) is -0.204. The summed E-state index contributed by atoms with van der Waals surface area (Å²) in [5.41, 5.74) is 5.47. The van der Waals surface area contributed by atoms with Crippen molar-refractivity contribution in [1.29, 1.82) is 0 Å². The number of nitrogens with zero attached hydrogens (tertiary/aromatic N) is 2. The molecule has 2 atom stereocenters. The van der Waals surface area contributed by atoms with E-state index in [0.29, 0.717) is 30.4 Å². The summed E-state index contributed by atoms with van der Waals surface area (Å²) in [6.07, 6.45) is 2.44. The lowest BCUT2D eigenvalue weighted by Gasteiger charge is -2.35. The molecule has 0 saturated carbocycles. The van der Waals surface area contributed by atoms with E-state index in [1.54, 1.807) is 11.4 Å². The second-order valence-electron chi connectivity index (χ2n) is 5.15. The zero-order chi connectivity index (χ0) is 13.9. The van der Waals surface area contributed by atoms with E-state index in [-0.39, 0.29) is 6.04 Å². The Balaban J connectivity index is 2.75. The minimum Gasteiger partial charge on any atom is -0.393 e. The molecule has 0 amide bonds. The van der Waals surface area contributed by atoms with Crippen molar-refractivity contribution in [2.75, 3.05) is 20.1 Å². The van der Waals surface area contributed by atoms with Crippen molar-refractivity contribution in [3.05, 3.63) is 0 Å². The zero-order valence-electron chi connectivity index (χ0n) is 11.3. The third kappa shape index (κ3) is 3.88. The second-order valence-corrected chi connectivity index (χ2v) is 7.66. The first kappa shape index (κ1) is 15.8. The van der Waals surface area contributed by atoms with Crippen LogP contribution in [-0.4, -0.2) is 48.2 Å². The first-order chi connectivity index (χ1) is 8.25. The van der Waals surface area contributed by atoms with E-state index in [0.717, 1.165) is 12.8 Å². The van der Waals surface area contributed by atoms with E-state index in [4.69, 9.17) is 18.0 Å². The van der Waals surface area contributed by atoms with E-state index in [9.17, 15) is 8.42 Å². The maximum atomic E-state index is 12.4. The molecular formula is C11H23N3O2S2. The maximum absolute atomic E-state index is 12.4. The lowest BCUT2D eigenvalue weighted by atomic mass is 10.0. The van der Waals surface area contributed by atoms with Crippen molar-refractivity contribution in [2.24, 2.45) is 11.7 Å². The minimum atomic E-state index is -3.39. The molecule has 2 N–H and O–H groups in total. The van der Waals surface area contributed by atoms with Gasteiger partial charge in [0.1, 0.15) is 0 Å². The molecule has 1 rings (SSSR count). The van der Waals surface area contributed by atoms with E-state index < -0.39 is 10.2 Å². The van der Waals surface area contributed by atoms with Crippen molar-refractivity contribution < 1.29 is 8.42 Å². The molecule has 0 spiro atoms. The van der Waals surface area contributed by atoms with Gasteiger partial charge in [-0.05, 0) is 25.7 Å². The largest absolute Gasteiger partial charge is 0.393 e. The summed E-state index contributed by atoms with van der Waals surface area (Å²) in [6.45, 7) is 5.12. The number of thiocarbonyl (C=S) groups is 1. The van der Waals surface area contributed by atoms with Crippen molar-refractivity contribution in [2.45, 2.75) is 39.2 Å². The Labute approximate surface area is 115 Å². The van der Waals surface area contributed by atoms with Gasteiger partial charge in [-0.25, -0.2) is 0 Å². The first-order valence-electron chi connectivity index (χ1n) is 6.26. The molecule has 5 nitrogen and oxygen atoms in total. The number of hydrogen-bond donors (Lipinski definition) is 1. The SMILES string of the molecule is CC1CCCN(S(=O)(=O)N(C)C(C)CC(N)=S)C1. The third-order valence-electron chi connectivity index (χ3n) is 3.43. The van der Waals surface area contributed by atoms with E-state index in [1.807, 2.05) is 6.92 Å². The zero-order valence-corrected chi connectivity index (χ0v) is 12.9. The standard InChI is InChI=1S/C11H23N3O2S2/c1-9-5-4-6-14(8-9)18(15,16)13(3)10(2)7-11(12)17/h9-10H,4-8H2,1-3H3,(H2,12,17). The monoisotopic (exact) mass is 293 g/mol. The van der Waals surface area contributed by atoms with Gasteiger partial charge in [0.2, 0.25) is 0 Å². The molecule has 106 valence electrons. The van der Waals surface area contributed by atoms with Crippen LogP contribution in [0.5, 0.6) is 0 Å². The first-order valence-corrected chi connectivity index (χ1v) is 8.07. The van der Waals surface area contributed by atoms with Crippen LogP contribution in [0, 0.1) is 5.92 Å². The average Bonchev–Trinajstić information content (AvgIpc) is 2.27. The Kier molecular flexibility index (Phi) is 5.51. The Bertz CT molecular complexity index is 397. The molecule has 18 heavy (non-hydrogen) atoms. The lowest BCUT2D eigenvalue weighted by Crippen LogP contribution is -2.49. The third-order valence-corrected chi connectivity index (χ3v) is 5.67. The van der Waals surface area contributed by atoms with Gasteiger partial charge in [0.15, 0.2) is 0 Å². The van der Waals surface area contributed by atoms with Gasteiger partial charge in [0, 0.05) is 32.6 Å². The fourth-order valence-electron chi connectivity index (χ4n) is 2.19. The molecule has 7 heteroatoms. The molecule has 1 aliphatic rings. The van der Waals surface area contributed by atoms with Gasteiger partial charge in [-0.3, -0.25) is 0 Å². The van der Waals surface area contributed by atoms with Crippen LogP contribution in [0.15, 0.2) is 0 Å². The molecule has 1 saturated heterocycles. The van der Waals surface area contributed by atoms with Gasteiger partial charge >= 0.3 is 0 Å². The van der Waals surface area contributed by atoms with Gasteiger partial charge in [0.25, 0.3) is 10.2 Å². The summed E-state index contributed by atoms with van der Waals surface area (Å²) in [4.78, 5) is 0.344. The summed E-state index contributed by atoms with van der Waals surface area (Å²) in [5, 5.41) is 0. The maximum Gasteiger partial charge on any atom is 0.281 e. The quantitative estimate of drug-likeness (QED) is 0.767. The average molecular weight is 293 g/mol. The van der Waals surface area contributed by atoms with Crippen LogP contribution in [0.3, 0.4) is 0 Å². The smallest absolute Gasteiger partial charge is 0.281 e. The summed E-state index contributed by atoms with van der Waals surface area (Å²) < 4.78 is 27.8. The minimum absolute atomic E-state index is 0.204. The number of nitrogens with two attached hydrogens (primary N) is 1. The predicted octanol–water partition coefficient (Wildman–Crippen LogP) is 0.960. The van der Waals surface area contributed by atoms with Crippen molar-refractivity contribution in [1.82, 2.24) is 8.61 Å². The molecule has 0 radical (unpaired) electrons. The van der Waals surface area contributed by atoms with Gasteiger partial charge in [0.05, 0.1) is 4.99 Å². The fraction of sp³-hybridized carbons (Fsp3) is 0.909. The molecule has 1 aliphatic heterocycles. The molecule has 0 bridgehead atoms. The fourth-order valence-corrected chi connectivity index (χ4v) is 4.12. The van der Waals surface area contributed by atoms with Crippen molar-refractivity contribution in [3.8, 4) is 0 Å². The molecule has 2 unspecified atom stereocenters. The molecular weight excluding hydrogens is 270 g/mol. The van der Waals surface area contributed by atoms with Crippen LogP contribution in [-0.2, 0) is 10.2 Å². The number of piperidine rings is 1. The molecule has 0 aromatic rings.